The lowest BCUT2D eigenvalue weighted by Crippen LogP contribution is -2.36. The van der Waals surface area contributed by atoms with Crippen LogP contribution in [0.4, 0.5) is 0 Å². The van der Waals surface area contributed by atoms with Crippen molar-refractivity contribution in [3.05, 3.63) is 0 Å². The predicted octanol–water partition coefficient (Wildman–Crippen LogP) is 2.56. The molecular formula is C14H27NO2S2. The number of sulfone groups is 1. The minimum Gasteiger partial charge on any atom is -0.299 e. The molecule has 1 heterocycles. The molecule has 19 heavy (non-hydrogen) atoms. The van der Waals surface area contributed by atoms with E-state index in [0.29, 0.717) is 17.5 Å². The number of hydrogen-bond acceptors (Lipinski definition) is 4. The molecule has 5 heteroatoms. The maximum Gasteiger partial charge on any atom is 0.151 e. The quantitative estimate of drug-likeness (QED) is 0.800. The Bertz CT molecular complexity index is 364. The van der Waals surface area contributed by atoms with Crippen molar-refractivity contribution in [1.82, 2.24) is 4.90 Å². The molecule has 2 fully saturated rings. The van der Waals surface area contributed by atoms with Crippen LogP contribution in [0.3, 0.4) is 0 Å². The molecule has 112 valence electrons. The highest BCUT2D eigenvalue weighted by Gasteiger charge is 2.24. The minimum atomic E-state index is -2.78. The van der Waals surface area contributed by atoms with Crippen LogP contribution in [0.2, 0.25) is 0 Å². The van der Waals surface area contributed by atoms with Crippen molar-refractivity contribution in [1.29, 1.82) is 0 Å². The second-order valence-corrected chi connectivity index (χ2v) is 9.67. The molecule has 0 bridgehead atoms. The van der Waals surface area contributed by atoms with Crippen LogP contribution in [0.5, 0.6) is 0 Å². The number of rotatable bonds is 4. The van der Waals surface area contributed by atoms with E-state index in [1.807, 2.05) is 0 Å². The van der Waals surface area contributed by atoms with E-state index in [1.165, 1.54) is 32.1 Å². The van der Waals surface area contributed by atoms with Gasteiger partial charge in [0.05, 0.1) is 11.5 Å². The van der Waals surface area contributed by atoms with Gasteiger partial charge in [0.15, 0.2) is 9.84 Å². The molecule has 0 radical (unpaired) electrons. The summed E-state index contributed by atoms with van der Waals surface area (Å²) in [7, 11) is -2.78. The van der Waals surface area contributed by atoms with Crippen LogP contribution in [0, 0.1) is 0 Å². The van der Waals surface area contributed by atoms with Crippen LogP contribution in [0.25, 0.3) is 0 Å². The zero-order valence-corrected chi connectivity index (χ0v) is 13.6. The summed E-state index contributed by atoms with van der Waals surface area (Å²) >= 11 is 2.11. The Hall–Kier alpha value is 0.260. The van der Waals surface area contributed by atoms with E-state index < -0.39 is 9.84 Å². The van der Waals surface area contributed by atoms with Gasteiger partial charge in [-0.1, -0.05) is 19.3 Å². The Morgan fingerprint density at radius 2 is 1.84 bits per heavy atom. The Morgan fingerprint density at radius 3 is 2.58 bits per heavy atom. The summed E-state index contributed by atoms with van der Waals surface area (Å²) in [6.07, 6.45) is 7.78. The third kappa shape index (κ3) is 5.27. The van der Waals surface area contributed by atoms with Crippen molar-refractivity contribution in [2.45, 2.75) is 56.7 Å². The van der Waals surface area contributed by atoms with Crippen molar-refractivity contribution in [3.8, 4) is 0 Å². The molecule has 0 aromatic rings. The van der Waals surface area contributed by atoms with Crippen molar-refractivity contribution in [2.75, 3.05) is 30.3 Å². The van der Waals surface area contributed by atoms with Gasteiger partial charge in [-0.05, 0) is 26.2 Å². The maximum absolute atomic E-state index is 11.7. The summed E-state index contributed by atoms with van der Waals surface area (Å²) in [4.78, 5) is 2.38. The van der Waals surface area contributed by atoms with E-state index in [2.05, 4.69) is 23.6 Å². The highest BCUT2D eigenvalue weighted by atomic mass is 32.2. The highest BCUT2D eigenvalue weighted by molar-refractivity contribution is 7.99. The SMILES string of the molecule is CC1CCS(=O)(=O)CCN1CCSC1CCCCC1. The normalized spacial score (nSPS) is 30.1. The van der Waals surface area contributed by atoms with Crippen LogP contribution < -0.4 is 0 Å². The summed E-state index contributed by atoms with van der Waals surface area (Å²) < 4.78 is 23.3. The molecule has 2 rings (SSSR count). The second kappa shape index (κ2) is 7.32. The fraction of sp³-hybridized carbons (Fsp3) is 1.00. The molecule has 0 amide bonds. The summed E-state index contributed by atoms with van der Waals surface area (Å²) in [5, 5.41) is 0.861. The topological polar surface area (TPSA) is 37.4 Å². The molecule has 3 nitrogen and oxygen atoms in total. The third-order valence-electron chi connectivity index (χ3n) is 4.44. The third-order valence-corrected chi connectivity index (χ3v) is 7.47. The Kier molecular flexibility index (Phi) is 6.03. The second-order valence-electron chi connectivity index (χ2n) is 5.96. The molecular weight excluding hydrogens is 278 g/mol. The fourth-order valence-electron chi connectivity index (χ4n) is 3.01. The van der Waals surface area contributed by atoms with Crippen LogP contribution in [0.1, 0.15) is 45.4 Å². The first-order valence-corrected chi connectivity index (χ1v) is 10.5. The van der Waals surface area contributed by atoms with Gasteiger partial charge in [0.2, 0.25) is 0 Å². The van der Waals surface area contributed by atoms with E-state index in [9.17, 15) is 8.42 Å². The van der Waals surface area contributed by atoms with Crippen LogP contribution >= 0.6 is 11.8 Å². The molecule has 0 aromatic heterocycles. The summed E-state index contributed by atoms with van der Waals surface area (Å²) in [5.74, 6) is 1.89. The first-order chi connectivity index (χ1) is 9.07. The van der Waals surface area contributed by atoms with Gasteiger partial charge in [-0.15, -0.1) is 0 Å². The average Bonchev–Trinajstić information content (AvgIpc) is 2.53. The molecule has 1 unspecified atom stereocenters. The average molecular weight is 306 g/mol. The molecule has 1 atom stereocenters. The number of hydrogen-bond donors (Lipinski definition) is 0. The fourth-order valence-corrected chi connectivity index (χ4v) is 5.77. The minimum absolute atomic E-state index is 0.353. The molecule has 1 aliphatic heterocycles. The van der Waals surface area contributed by atoms with E-state index in [0.717, 1.165) is 30.5 Å². The smallest absolute Gasteiger partial charge is 0.151 e. The zero-order valence-electron chi connectivity index (χ0n) is 12.0. The summed E-state index contributed by atoms with van der Waals surface area (Å²) in [6.45, 7) is 3.96. The summed E-state index contributed by atoms with van der Waals surface area (Å²) in [5.41, 5.74) is 0. The van der Waals surface area contributed by atoms with Gasteiger partial charge in [0.25, 0.3) is 0 Å². The van der Waals surface area contributed by atoms with Crippen molar-refractivity contribution in [3.63, 3.8) is 0 Å². The van der Waals surface area contributed by atoms with Gasteiger partial charge in [-0.2, -0.15) is 11.8 Å². The molecule has 1 saturated heterocycles. The van der Waals surface area contributed by atoms with E-state index in [4.69, 9.17) is 0 Å². The Labute approximate surface area is 122 Å². The maximum atomic E-state index is 11.7. The molecule has 0 N–H and O–H groups in total. The number of thioether (sulfide) groups is 1. The lowest BCUT2D eigenvalue weighted by atomic mass is 10.0. The van der Waals surface area contributed by atoms with Crippen LogP contribution in [-0.2, 0) is 9.84 Å². The first kappa shape index (κ1) is 15.6. The molecule has 0 spiro atoms. The standard InChI is InChI=1S/C14H27NO2S2/c1-13-7-11-19(16,17)12-9-15(13)8-10-18-14-5-3-2-4-6-14/h13-14H,2-12H2,1H3. The Balaban J connectivity index is 1.72. The first-order valence-electron chi connectivity index (χ1n) is 7.63. The van der Waals surface area contributed by atoms with Crippen LogP contribution in [0.15, 0.2) is 0 Å². The van der Waals surface area contributed by atoms with Crippen molar-refractivity contribution >= 4 is 21.6 Å². The molecule has 1 saturated carbocycles. The van der Waals surface area contributed by atoms with E-state index in [1.54, 1.807) is 0 Å². The van der Waals surface area contributed by atoms with Crippen molar-refractivity contribution < 1.29 is 8.42 Å². The Morgan fingerprint density at radius 1 is 1.11 bits per heavy atom. The van der Waals surface area contributed by atoms with Gasteiger partial charge in [0, 0.05) is 30.1 Å². The monoisotopic (exact) mass is 305 g/mol. The van der Waals surface area contributed by atoms with Crippen molar-refractivity contribution in [2.24, 2.45) is 0 Å². The van der Waals surface area contributed by atoms with Gasteiger partial charge < -0.3 is 0 Å². The largest absolute Gasteiger partial charge is 0.299 e. The van der Waals surface area contributed by atoms with Gasteiger partial charge in [-0.3, -0.25) is 4.90 Å². The lowest BCUT2D eigenvalue weighted by molar-refractivity contribution is 0.235. The summed E-state index contributed by atoms with van der Waals surface area (Å²) in [6, 6.07) is 0.421. The number of nitrogens with zero attached hydrogens (tertiary/aromatic N) is 1. The molecule has 0 aromatic carbocycles. The van der Waals surface area contributed by atoms with Gasteiger partial charge >= 0.3 is 0 Å². The zero-order chi connectivity index (χ0) is 13.7. The molecule has 2 aliphatic rings. The van der Waals surface area contributed by atoms with E-state index >= 15 is 0 Å². The highest BCUT2D eigenvalue weighted by Crippen LogP contribution is 2.28. The van der Waals surface area contributed by atoms with Gasteiger partial charge in [-0.25, -0.2) is 8.42 Å². The molecule has 1 aliphatic carbocycles. The lowest BCUT2D eigenvalue weighted by Gasteiger charge is -2.27. The van der Waals surface area contributed by atoms with E-state index in [-0.39, 0.29) is 0 Å². The van der Waals surface area contributed by atoms with Crippen LogP contribution in [-0.4, -0.2) is 55.0 Å². The van der Waals surface area contributed by atoms with Gasteiger partial charge in [0.1, 0.15) is 0 Å². The predicted molar refractivity (Wildman–Crippen MR) is 83.6 cm³/mol.